The van der Waals surface area contributed by atoms with E-state index in [1.54, 1.807) is 0 Å². The lowest BCUT2D eigenvalue weighted by Crippen LogP contribution is -2.26. The van der Waals surface area contributed by atoms with Crippen LogP contribution in [0.25, 0.3) is 11.1 Å². The normalized spacial score (nSPS) is 12.8. The van der Waals surface area contributed by atoms with Crippen LogP contribution in [0.15, 0.2) is 48.5 Å². The molecule has 1 N–H and O–H groups in total. The van der Waals surface area contributed by atoms with Gasteiger partial charge >= 0.3 is 0 Å². The lowest BCUT2D eigenvalue weighted by atomic mass is 9.93. The molecule has 2 nitrogen and oxygen atoms in total. The van der Waals surface area contributed by atoms with Gasteiger partial charge in [-0.25, -0.2) is 0 Å². The van der Waals surface area contributed by atoms with E-state index in [1.807, 2.05) is 24.3 Å². The first kappa shape index (κ1) is 13.2. The highest BCUT2D eigenvalue weighted by Crippen LogP contribution is 2.45. The van der Waals surface area contributed by atoms with Gasteiger partial charge in [0.25, 0.3) is 0 Å². The summed E-state index contributed by atoms with van der Waals surface area (Å²) in [6.07, 6.45) is 0.477. The SMILES string of the molecule is O=C(CC1c2ccccc2-c2ccccc21)NCCCl. The second-order valence-corrected chi connectivity index (χ2v) is 5.35. The van der Waals surface area contributed by atoms with Crippen molar-refractivity contribution in [2.45, 2.75) is 12.3 Å². The molecule has 0 aromatic heterocycles. The van der Waals surface area contributed by atoms with Crippen LogP contribution in [0.2, 0.25) is 0 Å². The van der Waals surface area contributed by atoms with Crippen molar-refractivity contribution in [1.82, 2.24) is 5.32 Å². The molecular weight excluding hydrogens is 270 g/mol. The van der Waals surface area contributed by atoms with Gasteiger partial charge in [0.1, 0.15) is 0 Å². The molecule has 3 rings (SSSR count). The van der Waals surface area contributed by atoms with E-state index in [1.165, 1.54) is 22.3 Å². The summed E-state index contributed by atoms with van der Waals surface area (Å²) >= 11 is 5.61. The maximum absolute atomic E-state index is 12.0. The van der Waals surface area contributed by atoms with E-state index in [4.69, 9.17) is 11.6 Å². The minimum absolute atomic E-state index is 0.0576. The van der Waals surface area contributed by atoms with Crippen molar-refractivity contribution in [3.05, 3.63) is 59.7 Å². The van der Waals surface area contributed by atoms with Crippen LogP contribution in [-0.4, -0.2) is 18.3 Å². The van der Waals surface area contributed by atoms with Crippen molar-refractivity contribution in [1.29, 1.82) is 0 Å². The van der Waals surface area contributed by atoms with Gasteiger partial charge in [0.15, 0.2) is 0 Å². The first-order chi connectivity index (χ1) is 9.81. The minimum atomic E-state index is 0.0576. The molecule has 1 aliphatic carbocycles. The van der Waals surface area contributed by atoms with E-state index in [9.17, 15) is 4.79 Å². The summed E-state index contributed by atoms with van der Waals surface area (Å²) in [4.78, 5) is 12.0. The Morgan fingerprint density at radius 2 is 1.55 bits per heavy atom. The summed E-state index contributed by atoms with van der Waals surface area (Å²) in [5, 5.41) is 2.85. The Bertz CT molecular complexity index is 593. The molecule has 1 amide bonds. The molecule has 0 unspecified atom stereocenters. The number of carbonyl (C=O) groups is 1. The number of rotatable bonds is 4. The van der Waals surface area contributed by atoms with Gasteiger partial charge in [0, 0.05) is 24.8 Å². The first-order valence-electron chi connectivity index (χ1n) is 6.82. The van der Waals surface area contributed by atoms with Crippen LogP contribution in [0.4, 0.5) is 0 Å². The highest BCUT2D eigenvalue weighted by Gasteiger charge is 2.29. The molecule has 2 aromatic rings. The third-order valence-corrected chi connectivity index (χ3v) is 3.96. The van der Waals surface area contributed by atoms with Gasteiger partial charge in [-0.15, -0.1) is 11.6 Å². The van der Waals surface area contributed by atoms with Crippen molar-refractivity contribution < 1.29 is 4.79 Å². The molecule has 20 heavy (non-hydrogen) atoms. The number of carbonyl (C=O) groups excluding carboxylic acids is 1. The summed E-state index contributed by atoms with van der Waals surface area (Å²) in [5.41, 5.74) is 4.99. The van der Waals surface area contributed by atoms with Crippen LogP contribution in [0.5, 0.6) is 0 Å². The molecule has 2 aromatic carbocycles. The van der Waals surface area contributed by atoms with Crippen LogP contribution in [-0.2, 0) is 4.79 Å². The highest BCUT2D eigenvalue weighted by atomic mass is 35.5. The largest absolute Gasteiger partial charge is 0.355 e. The van der Waals surface area contributed by atoms with E-state index >= 15 is 0 Å². The molecule has 3 heteroatoms. The zero-order valence-electron chi connectivity index (χ0n) is 11.1. The molecule has 0 spiro atoms. The Kier molecular flexibility index (Phi) is 3.75. The van der Waals surface area contributed by atoms with Crippen LogP contribution in [0, 0.1) is 0 Å². The van der Waals surface area contributed by atoms with E-state index in [0.29, 0.717) is 18.8 Å². The maximum atomic E-state index is 12.0. The number of hydrogen-bond donors (Lipinski definition) is 1. The summed E-state index contributed by atoms with van der Waals surface area (Å²) < 4.78 is 0. The Hall–Kier alpha value is -1.80. The first-order valence-corrected chi connectivity index (χ1v) is 7.35. The molecule has 0 heterocycles. The zero-order valence-corrected chi connectivity index (χ0v) is 11.9. The van der Waals surface area contributed by atoms with Gasteiger partial charge < -0.3 is 5.32 Å². The third kappa shape index (κ3) is 2.32. The van der Waals surface area contributed by atoms with E-state index in [0.717, 1.165) is 0 Å². The number of benzene rings is 2. The minimum Gasteiger partial charge on any atom is -0.355 e. The quantitative estimate of drug-likeness (QED) is 0.855. The molecule has 102 valence electrons. The van der Waals surface area contributed by atoms with Crippen molar-refractivity contribution >= 4 is 17.5 Å². The van der Waals surface area contributed by atoms with Crippen LogP contribution >= 0.6 is 11.6 Å². The topological polar surface area (TPSA) is 29.1 Å². The lowest BCUT2D eigenvalue weighted by Gasteiger charge is -2.13. The average molecular weight is 286 g/mol. The van der Waals surface area contributed by atoms with E-state index in [2.05, 4.69) is 29.6 Å². The maximum Gasteiger partial charge on any atom is 0.220 e. The van der Waals surface area contributed by atoms with E-state index in [-0.39, 0.29) is 11.8 Å². The Morgan fingerprint density at radius 3 is 2.10 bits per heavy atom. The number of halogens is 1. The lowest BCUT2D eigenvalue weighted by molar-refractivity contribution is -0.121. The van der Waals surface area contributed by atoms with Gasteiger partial charge in [-0.3, -0.25) is 4.79 Å². The van der Waals surface area contributed by atoms with Gasteiger partial charge in [-0.05, 0) is 22.3 Å². The zero-order chi connectivity index (χ0) is 13.9. The number of fused-ring (bicyclic) bond motifs is 3. The monoisotopic (exact) mass is 285 g/mol. The standard InChI is InChI=1S/C17H16ClNO/c18-9-10-19-17(20)11-16-14-7-3-1-5-12(14)13-6-2-4-8-15(13)16/h1-8,16H,9-11H2,(H,19,20). The summed E-state index contributed by atoms with van der Waals surface area (Å²) in [6.45, 7) is 0.524. The van der Waals surface area contributed by atoms with Gasteiger partial charge in [0.2, 0.25) is 5.91 Å². The predicted octanol–water partition coefficient (Wildman–Crippen LogP) is 3.54. The smallest absolute Gasteiger partial charge is 0.220 e. The molecule has 0 radical (unpaired) electrons. The fourth-order valence-corrected chi connectivity index (χ4v) is 3.02. The number of alkyl halides is 1. The molecular formula is C17H16ClNO. The second kappa shape index (κ2) is 5.68. The Labute approximate surface area is 123 Å². The van der Waals surface area contributed by atoms with Gasteiger partial charge in [-0.1, -0.05) is 48.5 Å². The Balaban J connectivity index is 1.93. The van der Waals surface area contributed by atoms with Crippen LogP contribution in [0.1, 0.15) is 23.5 Å². The highest BCUT2D eigenvalue weighted by molar-refractivity contribution is 6.18. The summed E-state index contributed by atoms with van der Waals surface area (Å²) in [6, 6.07) is 16.7. The van der Waals surface area contributed by atoms with Crippen molar-refractivity contribution in [2.75, 3.05) is 12.4 Å². The molecule has 0 saturated heterocycles. The summed E-state index contributed by atoms with van der Waals surface area (Å²) in [5.74, 6) is 0.656. The second-order valence-electron chi connectivity index (χ2n) is 4.97. The van der Waals surface area contributed by atoms with Gasteiger partial charge in [-0.2, -0.15) is 0 Å². The fourth-order valence-electron chi connectivity index (χ4n) is 2.92. The molecule has 0 saturated carbocycles. The number of nitrogens with one attached hydrogen (secondary N) is 1. The molecule has 0 atom stereocenters. The predicted molar refractivity (Wildman–Crippen MR) is 82.1 cm³/mol. The van der Waals surface area contributed by atoms with E-state index < -0.39 is 0 Å². The Morgan fingerprint density at radius 1 is 1.00 bits per heavy atom. The summed E-state index contributed by atoms with van der Waals surface area (Å²) in [7, 11) is 0. The molecule has 0 bridgehead atoms. The third-order valence-electron chi connectivity index (χ3n) is 3.77. The average Bonchev–Trinajstić information content (AvgIpc) is 2.80. The number of amides is 1. The van der Waals surface area contributed by atoms with Crippen molar-refractivity contribution in [2.24, 2.45) is 0 Å². The number of hydrogen-bond acceptors (Lipinski definition) is 1. The molecule has 0 aliphatic heterocycles. The van der Waals surface area contributed by atoms with Crippen LogP contribution in [0.3, 0.4) is 0 Å². The molecule has 0 fully saturated rings. The van der Waals surface area contributed by atoms with Crippen LogP contribution < -0.4 is 5.32 Å². The van der Waals surface area contributed by atoms with Crippen molar-refractivity contribution in [3.8, 4) is 11.1 Å². The van der Waals surface area contributed by atoms with Crippen molar-refractivity contribution in [3.63, 3.8) is 0 Å². The fraction of sp³-hybridized carbons (Fsp3) is 0.235. The van der Waals surface area contributed by atoms with Gasteiger partial charge in [0.05, 0.1) is 0 Å². The molecule has 1 aliphatic rings.